The maximum atomic E-state index is 12.3. The minimum Gasteiger partial charge on any atom is -0.497 e. The van der Waals surface area contributed by atoms with Crippen LogP contribution < -0.4 is 10.1 Å². The molecule has 2 amide bonds. The molecule has 0 atom stereocenters. The number of methoxy groups -OCH3 is 1. The van der Waals surface area contributed by atoms with E-state index in [2.05, 4.69) is 5.32 Å². The van der Waals surface area contributed by atoms with Crippen molar-refractivity contribution < 1.29 is 18.7 Å². The molecule has 24 heavy (non-hydrogen) atoms. The molecule has 0 aliphatic rings. The van der Waals surface area contributed by atoms with Gasteiger partial charge in [-0.3, -0.25) is 9.59 Å². The molecule has 128 valence electrons. The standard InChI is InChI=1S/C18H22N2O4/c1-3-20(13-14-6-8-15(23-2)9-7-14)17(21)10-11-19-18(22)16-5-4-12-24-16/h4-9,12H,3,10-11,13H2,1-2H3,(H,19,22). The smallest absolute Gasteiger partial charge is 0.286 e. The van der Waals surface area contributed by atoms with E-state index in [0.29, 0.717) is 13.1 Å². The van der Waals surface area contributed by atoms with Crippen molar-refractivity contribution in [2.75, 3.05) is 20.2 Å². The van der Waals surface area contributed by atoms with Crippen molar-refractivity contribution in [2.45, 2.75) is 19.9 Å². The van der Waals surface area contributed by atoms with Gasteiger partial charge in [-0.1, -0.05) is 12.1 Å². The van der Waals surface area contributed by atoms with Gasteiger partial charge in [0.2, 0.25) is 5.91 Å². The molecule has 6 heteroatoms. The highest BCUT2D eigenvalue weighted by Gasteiger charge is 2.13. The first kappa shape index (κ1) is 17.6. The number of benzene rings is 1. The number of ether oxygens (including phenoxy) is 1. The van der Waals surface area contributed by atoms with Crippen molar-refractivity contribution in [3.8, 4) is 5.75 Å². The lowest BCUT2D eigenvalue weighted by atomic mass is 10.2. The van der Waals surface area contributed by atoms with Crippen LogP contribution in [-0.4, -0.2) is 36.9 Å². The van der Waals surface area contributed by atoms with Crippen LogP contribution in [0.25, 0.3) is 0 Å². The number of amides is 2. The van der Waals surface area contributed by atoms with Gasteiger partial charge in [-0.2, -0.15) is 0 Å². The van der Waals surface area contributed by atoms with Gasteiger partial charge < -0.3 is 19.4 Å². The number of carbonyl (C=O) groups excluding carboxylic acids is 2. The zero-order chi connectivity index (χ0) is 17.4. The second-order valence-corrected chi connectivity index (χ2v) is 5.24. The summed E-state index contributed by atoms with van der Waals surface area (Å²) in [5.41, 5.74) is 1.03. The number of rotatable bonds is 8. The minimum absolute atomic E-state index is 0.00642. The molecule has 0 radical (unpaired) electrons. The van der Waals surface area contributed by atoms with E-state index in [1.54, 1.807) is 24.1 Å². The quantitative estimate of drug-likeness (QED) is 0.807. The summed E-state index contributed by atoms with van der Waals surface area (Å²) in [6.07, 6.45) is 1.68. The van der Waals surface area contributed by atoms with Crippen molar-refractivity contribution in [3.63, 3.8) is 0 Å². The summed E-state index contributed by atoms with van der Waals surface area (Å²) in [5.74, 6) is 0.709. The third-order valence-corrected chi connectivity index (χ3v) is 3.64. The molecule has 0 fully saturated rings. The Labute approximate surface area is 141 Å². The van der Waals surface area contributed by atoms with E-state index in [9.17, 15) is 9.59 Å². The fourth-order valence-corrected chi connectivity index (χ4v) is 2.26. The molecule has 2 aromatic rings. The van der Waals surface area contributed by atoms with Crippen molar-refractivity contribution in [3.05, 3.63) is 54.0 Å². The maximum Gasteiger partial charge on any atom is 0.286 e. The second-order valence-electron chi connectivity index (χ2n) is 5.24. The van der Waals surface area contributed by atoms with Crippen LogP contribution in [0.2, 0.25) is 0 Å². The average Bonchev–Trinajstić information content (AvgIpc) is 3.14. The molecule has 6 nitrogen and oxygen atoms in total. The van der Waals surface area contributed by atoms with E-state index in [1.165, 1.54) is 6.26 Å². The maximum absolute atomic E-state index is 12.3. The Bertz CT molecular complexity index is 650. The molecule has 0 aliphatic carbocycles. The third-order valence-electron chi connectivity index (χ3n) is 3.64. The van der Waals surface area contributed by atoms with E-state index < -0.39 is 0 Å². The fraction of sp³-hybridized carbons (Fsp3) is 0.333. The Hall–Kier alpha value is -2.76. The number of nitrogens with one attached hydrogen (secondary N) is 1. The molecule has 1 N–H and O–H groups in total. The lowest BCUT2D eigenvalue weighted by molar-refractivity contribution is -0.131. The summed E-state index contributed by atoms with van der Waals surface area (Å²) >= 11 is 0. The zero-order valence-electron chi connectivity index (χ0n) is 14.0. The number of hydrogen-bond acceptors (Lipinski definition) is 4. The summed E-state index contributed by atoms with van der Waals surface area (Å²) in [4.78, 5) is 25.8. The van der Waals surface area contributed by atoms with Gasteiger partial charge in [0.25, 0.3) is 5.91 Å². The SMILES string of the molecule is CCN(Cc1ccc(OC)cc1)C(=O)CCNC(=O)c1ccco1. The number of hydrogen-bond donors (Lipinski definition) is 1. The van der Waals surface area contributed by atoms with E-state index in [4.69, 9.17) is 9.15 Å². The summed E-state index contributed by atoms with van der Waals surface area (Å²) in [6, 6.07) is 10.8. The summed E-state index contributed by atoms with van der Waals surface area (Å²) in [7, 11) is 1.62. The molecule has 1 aromatic heterocycles. The van der Waals surface area contributed by atoms with Crippen LogP contribution in [0.5, 0.6) is 5.75 Å². The minimum atomic E-state index is -0.314. The Kier molecular flexibility index (Phi) is 6.42. The number of carbonyl (C=O) groups is 2. The highest BCUT2D eigenvalue weighted by molar-refractivity contribution is 5.91. The molecular weight excluding hydrogens is 308 g/mol. The second kappa shape index (κ2) is 8.76. The van der Waals surface area contributed by atoms with Gasteiger partial charge in [-0.25, -0.2) is 0 Å². The summed E-state index contributed by atoms with van der Waals surface area (Å²) in [5, 5.41) is 2.68. The van der Waals surface area contributed by atoms with E-state index in [-0.39, 0.29) is 30.5 Å². The topological polar surface area (TPSA) is 71.8 Å². The van der Waals surface area contributed by atoms with Gasteiger partial charge >= 0.3 is 0 Å². The molecule has 0 bridgehead atoms. The monoisotopic (exact) mass is 330 g/mol. The predicted molar refractivity (Wildman–Crippen MR) is 89.7 cm³/mol. The average molecular weight is 330 g/mol. The first-order valence-electron chi connectivity index (χ1n) is 7.86. The molecule has 0 saturated heterocycles. The van der Waals surface area contributed by atoms with Gasteiger partial charge in [0, 0.05) is 26.1 Å². The molecule has 0 unspecified atom stereocenters. The van der Waals surface area contributed by atoms with Crippen molar-refractivity contribution in [2.24, 2.45) is 0 Å². The van der Waals surface area contributed by atoms with E-state index in [1.807, 2.05) is 31.2 Å². The van der Waals surface area contributed by atoms with Gasteiger partial charge in [0.1, 0.15) is 5.75 Å². The zero-order valence-corrected chi connectivity index (χ0v) is 14.0. The molecule has 0 aliphatic heterocycles. The van der Waals surface area contributed by atoms with Crippen LogP contribution in [-0.2, 0) is 11.3 Å². The Morgan fingerprint density at radius 2 is 1.96 bits per heavy atom. The first-order valence-corrected chi connectivity index (χ1v) is 7.86. The highest BCUT2D eigenvalue weighted by Crippen LogP contribution is 2.13. The third kappa shape index (κ3) is 4.87. The van der Waals surface area contributed by atoms with Crippen LogP contribution in [0.1, 0.15) is 29.5 Å². The normalized spacial score (nSPS) is 10.2. The first-order chi connectivity index (χ1) is 11.6. The number of nitrogens with zero attached hydrogens (tertiary/aromatic N) is 1. The molecule has 1 heterocycles. The van der Waals surface area contributed by atoms with Crippen LogP contribution in [0.4, 0.5) is 0 Å². The predicted octanol–water partition coefficient (Wildman–Crippen LogP) is 2.46. The molecular formula is C18H22N2O4. The van der Waals surface area contributed by atoms with Crippen LogP contribution in [0.3, 0.4) is 0 Å². The Balaban J connectivity index is 1.81. The lowest BCUT2D eigenvalue weighted by Crippen LogP contribution is -2.34. The van der Waals surface area contributed by atoms with Crippen molar-refractivity contribution in [1.82, 2.24) is 10.2 Å². The van der Waals surface area contributed by atoms with Crippen LogP contribution >= 0.6 is 0 Å². The molecule has 0 spiro atoms. The summed E-state index contributed by atoms with van der Waals surface area (Å²) in [6.45, 7) is 3.35. The van der Waals surface area contributed by atoms with E-state index in [0.717, 1.165) is 11.3 Å². The van der Waals surface area contributed by atoms with Gasteiger partial charge in [0.15, 0.2) is 5.76 Å². The molecule has 0 saturated carbocycles. The van der Waals surface area contributed by atoms with Crippen molar-refractivity contribution in [1.29, 1.82) is 0 Å². The molecule has 2 rings (SSSR count). The van der Waals surface area contributed by atoms with Crippen LogP contribution in [0, 0.1) is 0 Å². The lowest BCUT2D eigenvalue weighted by Gasteiger charge is -2.21. The molecule has 1 aromatic carbocycles. The Morgan fingerprint density at radius 3 is 2.54 bits per heavy atom. The number of furan rings is 1. The van der Waals surface area contributed by atoms with Gasteiger partial charge in [0.05, 0.1) is 13.4 Å². The highest BCUT2D eigenvalue weighted by atomic mass is 16.5. The van der Waals surface area contributed by atoms with E-state index >= 15 is 0 Å². The van der Waals surface area contributed by atoms with Crippen molar-refractivity contribution >= 4 is 11.8 Å². The Morgan fingerprint density at radius 1 is 1.21 bits per heavy atom. The fourth-order valence-electron chi connectivity index (χ4n) is 2.26. The van der Waals surface area contributed by atoms with Gasteiger partial charge in [-0.15, -0.1) is 0 Å². The largest absolute Gasteiger partial charge is 0.497 e. The van der Waals surface area contributed by atoms with Gasteiger partial charge in [-0.05, 0) is 36.8 Å². The van der Waals surface area contributed by atoms with Crippen LogP contribution in [0.15, 0.2) is 47.1 Å². The summed E-state index contributed by atoms with van der Waals surface area (Å²) < 4.78 is 10.1.